The van der Waals surface area contributed by atoms with Gasteiger partial charge >= 0.3 is 6.18 Å². The minimum Gasteiger partial charge on any atom is -0.384 e. The van der Waals surface area contributed by atoms with Gasteiger partial charge in [0.25, 0.3) is 0 Å². The van der Waals surface area contributed by atoms with Crippen molar-refractivity contribution in [1.29, 1.82) is 0 Å². The van der Waals surface area contributed by atoms with Gasteiger partial charge in [-0.25, -0.2) is 4.68 Å². The third-order valence-electron chi connectivity index (χ3n) is 3.66. The Labute approximate surface area is 131 Å². The number of benzene rings is 1. The van der Waals surface area contributed by atoms with Crippen LogP contribution >= 0.6 is 0 Å². The summed E-state index contributed by atoms with van der Waals surface area (Å²) in [6.45, 7) is 5.19. The number of hydrogen-bond acceptors (Lipinski definition) is 3. The summed E-state index contributed by atoms with van der Waals surface area (Å²) in [7, 11) is 0. The van der Waals surface area contributed by atoms with Crippen molar-refractivity contribution in [3.8, 4) is 0 Å². The van der Waals surface area contributed by atoms with E-state index in [1.165, 1.54) is 16.8 Å². The quantitative estimate of drug-likeness (QED) is 0.909. The minimum absolute atomic E-state index is 0.272. The van der Waals surface area contributed by atoms with E-state index in [4.69, 9.17) is 5.73 Å². The highest BCUT2D eigenvalue weighted by Gasteiger charge is 2.30. The largest absolute Gasteiger partial charge is 0.416 e. The van der Waals surface area contributed by atoms with Crippen molar-refractivity contribution < 1.29 is 18.0 Å². The van der Waals surface area contributed by atoms with E-state index in [2.05, 4.69) is 10.4 Å². The zero-order chi connectivity index (χ0) is 17.4. The normalized spacial score (nSPS) is 13.0. The van der Waals surface area contributed by atoms with Crippen LogP contribution in [0.2, 0.25) is 0 Å². The minimum atomic E-state index is -4.41. The van der Waals surface area contributed by atoms with Gasteiger partial charge in [0.2, 0.25) is 5.91 Å². The lowest BCUT2D eigenvalue weighted by molar-refractivity contribution is -0.137. The van der Waals surface area contributed by atoms with Gasteiger partial charge < -0.3 is 11.1 Å². The molecule has 0 saturated heterocycles. The van der Waals surface area contributed by atoms with Crippen LogP contribution in [0.15, 0.2) is 24.3 Å². The molecule has 1 aromatic carbocycles. The average Bonchev–Trinajstić information content (AvgIpc) is 2.73. The predicted octanol–water partition coefficient (Wildman–Crippen LogP) is 3.30. The number of rotatable bonds is 3. The molecule has 0 spiro atoms. The molecule has 0 aliphatic rings. The number of amides is 1. The zero-order valence-electron chi connectivity index (χ0n) is 12.9. The molecule has 0 aliphatic heterocycles. The Hall–Kier alpha value is -2.51. The summed E-state index contributed by atoms with van der Waals surface area (Å²) >= 11 is 0. The van der Waals surface area contributed by atoms with Crippen molar-refractivity contribution in [2.75, 3.05) is 11.1 Å². The van der Waals surface area contributed by atoms with E-state index in [-0.39, 0.29) is 5.69 Å². The molecule has 5 nitrogen and oxygen atoms in total. The Kier molecular flexibility index (Phi) is 4.35. The second-order valence-corrected chi connectivity index (χ2v) is 5.28. The number of anilines is 2. The van der Waals surface area contributed by atoms with Crippen LogP contribution in [0.5, 0.6) is 0 Å². The molecule has 1 aromatic heterocycles. The molecule has 1 amide bonds. The zero-order valence-corrected chi connectivity index (χ0v) is 12.9. The molecule has 0 radical (unpaired) electrons. The van der Waals surface area contributed by atoms with E-state index in [9.17, 15) is 18.0 Å². The standard InChI is InChI=1S/C15H17F3N4O/c1-8-9(2)21-22(13(8)19)10(3)14(23)20-12-6-4-11(5-7-12)15(16,17)18/h4-7,10H,19H2,1-3H3,(H,20,23). The Morgan fingerprint density at radius 2 is 1.83 bits per heavy atom. The Balaban J connectivity index is 2.13. The van der Waals surface area contributed by atoms with Gasteiger partial charge in [0.15, 0.2) is 0 Å². The number of aryl methyl sites for hydroxylation is 1. The number of nitrogens with two attached hydrogens (primary N) is 1. The number of alkyl halides is 3. The van der Waals surface area contributed by atoms with Gasteiger partial charge in [-0.05, 0) is 45.0 Å². The molecule has 3 N–H and O–H groups in total. The highest BCUT2D eigenvalue weighted by Crippen LogP contribution is 2.30. The highest BCUT2D eigenvalue weighted by atomic mass is 19.4. The molecule has 23 heavy (non-hydrogen) atoms. The number of carbonyl (C=O) groups is 1. The number of nitrogen functional groups attached to an aromatic ring is 1. The van der Waals surface area contributed by atoms with Crippen molar-refractivity contribution in [3.05, 3.63) is 41.1 Å². The first-order valence-corrected chi connectivity index (χ1v) is 6.90. The van der Waals surface area contributed by atoms with Gasteiger partial charge in [-0.2, -0.15) is 18.3 Å². The topological polar surface area (TPSA) is 72.9 Å². The molecule has 0 fully saturated rings. The van der Waals surface area contributed by atoms with Crippen LogP contribution in [0.3, 0.4) is 0 Å². The van der Waals surface area contributed by atoms with Crippen LogP contribution in [0.1, 0.15) is 29.8 Å². The van der Waals surface area contributed by atoms with Crippen molar-refractivity contribution in [3.63, 3.8) is 0 Å². The molecular weight excluding hydrogens is 309 g/mol. The van der Waals surface area contributed by atoms with Gasteiger partial charge in [0, 0.05) is 11.3 Å². The number of halogens is 3. The molecule has 1 heterocycles. The molecule has 1 atom stereocenters. The fourth-order valence-electron chi connectivity index (χ4n) is 2.04. The van der Waals surface area contributed by atoms with Crippen LogP contribution in [0.4, 0.5) is 24.7 Å². The number of nitrogens with one attached hydrogen (secondary N) is 1. The first-order valence-electron chi connectivity index (χ1n) is 6.90. The molecule has 0 aliphatic carbocycles. The van der Waals surface area contributed by atoms with E-state index in [0.29, 0.717) is 5.82 Å². The molecule has 0 bridgehead atoms. The molecule has 8 heteroatoms. The number of carbonyl (C=O) groups excluding carboxylic acids is 1. The van der Waals surface area contributed by atoms with Gasteiger partial charge in [-0.1, -0.05) is 0 Å². The van der Waals surface area contributed by atoms with Gasteiger partial charge in [-0.15, -0.1) is 0 Å². The predicted molar refractivity (Wildman–Crippen MR) is 80.9 cm³/mol. The van der Waals surface area contributed by atoms with Crippen LogP contribution in [-0.4, -0.2) is 15.7 Å². The second-order valence-electron chi connectivity index (χ2n) is 5.28. The molecular formula is C15H17F3N4O. The molecule has 2 rings (SSSR count). The lowest BCUT2D eigenvalue weighted by Gasteiger charge is -2.15. The van der Waals surface area contributed by atoms with E-state index in [1.54, 1.807) is 20.8 Å². The summed E-state index contributed by atoms with van der Waals surface area (Å²) in [5.74, 6) is -0.0310. The maximum absolute atomic E-state index is 12.5. The van der Waals surface area contributed by atoms with E-state index in [0.717, 1.165) is 23.4 Å². The fourth-order valence-corrected chi connectivity index (χ4v) is 2.04. The Morgan fingerprint density at radius 3 is 2.26 bits per heavy atom. The molecule has 2 aromatic rings. The number of hydrogen-bond donors (Lipinski definition) is 2. The van der Waals surface area contributed by atoms with Gasteiger partial charge in [0.1, 0.15) is 11.9 Å². The lowest BCUT2D eigenvalue weighted by atomic mass is 10.2. The van der Waals surface area contributed by atoms with E-state index < -0.39 is 23.7 Å². The summed E-state index contributed by atoms with van der Waals surface area (Å²) in [4.78, 5) is 12.2. The second kappa shape index (κ2) is 5.94. The van der Waals surface area contributed by atoms with E-state index >= 15 is 0 Å². The first kappa shape index (κ1) is 16.9. The van der Waals surface area contributed by atoms with Crippen LogP contribution < -0.4 is 11.1 Å². The van der Waals surface area contributed by atoms with Crippen molar-refractivity contribution >= 4 is 17.4 Å². The molecule has 1 unspecified atom stereocenters. The third kappa shape index (κ3) is 3.46. The van der Waals surface area contributed by atoms with Gasteiger partial charge in [-0.3, -0.25) is 4.79 Å². The van der Waals surface area contributed by atoms with Crippen molar-refractivity contribution in [2.24, 2.45) is 0 Å². The monoisotopic (exact) mass is 326 g/mol. The van der Waals surface area contributed by atoms with Crippen LogP contribution in [0, 0.1) is 13.8 Å². The van der Waals surface area contributed by atoms with Crippen LogP contribution in [0.25, 0.3) is 0 Å². The van der Waals surface area contributed by atoms with Crippen molar-refractivity contribution in [1.82, 2.24) is 9.78 Å². The maximum Gasteiger partial charge on any atom is 0.416 e. The Bertz CT molecular complexity index is 720. The third-order valence-corrected chi connectivity index (χ3v) is 3.66. The first-order chi connectivity index (χ1) is 10.6. The van der Waals surface area contributed by atoms with E-state index in [1.807, 2.05) is 0 Å². The smallest absolute Gasteiger partial charge is 0.384 e. The summed E-state index contributed by atoms with van der Waals surface area (Å²) in [5, 5.41) is 6.75. The fraction of sp³-hybridized carbons (Fsp3) is 0.333. The molecule has 0 saturated carbocycles. The number of nitrogens with zero attached hydrogens (tertiary/aromatic N) is 2. The Morgan fingerprint density at radius 1 is 1.26 bits per heavy atom. The molecule has 124 valence electrons. The summed E-state index contributed by atoms with van der Waals surface area (Å²) in [6.07, 6.45) is -4.41. The average molecular weight is 326 g/mol. The summed E-state index contributed by atoms with van der Waals surface area (Å²) in [5.41, 5.74) is 6.91. The summed E-state index contributed by atoms with van der Waals surface area (Å²) in [6, 6.07) is 3.55. The maximum atomic E-state index is 12.5. The van der Waals surface area contributed by atoms with Crippen molar-refractivity contribution in [2.45, 2.75) is 33.0 Å². The summed E-state index contributed by atoms with van der Waals surface area (Å²) < 4.78 is 38.9. The lowest BCUT2D eigenvalue weighted by Crippen LogP contribution is -2.25. The van der Waals surface area contributed by atoms with Crippen LogP contribution in [-0.2, 0) is 11.0 Å². The highest BCUT2D eigenvalue weighted by molar-refractivity contribution is 5.93. The SMILES string of the molecule is Cc1nn(C(C)C(=O)Nc2ccc(C(F)(F)F)cc2)c(N)c1C. The number of aromatic nitrogens is 2. The van der Waals surface area contributed by atoms with Gasteiger partial charge in [0.05, 0.1) is 11.3 Å².